The van der Waals surface area contributed by atoms with E-state index >= 15 is 0 Å². The van der Waals surface area contributed by atoms with Crippen molar-refractivity contribution >= 4 is 33.4 Å². The van der Waals surface area contributed by atoms with Crippen LogP contribution in [0.15, 0.2) is 109 Å². The number of nitrogens with one attached hydrogen (secondary N) is 1. The number of sulfonamides is 1. The SMILES string of the molecule is COc1ccc(CN(C(=O)CN(Cc2ccccc2)S(C)(=O)=O)[C@@H](C(=O)NCc2ccccc2Cl)c2ccccc2)cc1. The number of rotatable bonds is 13. The number of halogens is 1. The van der Waals surface area contributed by atoms with Crippen molar-refractivity contribution in [3.8, 4) is 5.75 Å². The number of nitrogens with zero attached hydrogens (tertiary/aromatic N) is 2. The maximum Gasteiger partial charge on any atom is 0.247 e. The second-order valence-electron chi connectivity index (χ2n) is 10.0. The molecular weight excluding hydrogens is 586 g/mol. The highest BCUT2D eigenvalue weighted by Crippen LogP contribution is 2.26. The van der Waals surface area contributed by atoms with Crippen molar-refractivity contribution in [2.75, 3.05) is 19.9 Å². The van der Waals surface area contributed by atoms with Crippen LogP contribution in [0.2, 0.25) is 5.02 Å². The molecule has 2 amide bonds. The number of amides is 2. The first-order valence-corrected chi connectivity index (χ1v) is 15.9. The Bertz CT molecular complexity index is 1620. The number of hydrogen-bond donors (Lipinski definition) is 1. The van der Waals surface area contributed by atoms with Crippen LogP contribution >= 0.6 is 11.6 Å². The predicted molar refractivity (Wildman–Crippen MR) is 168 cm³/mol. The molecule has 0 saturated carbocycles. The van der Waals surface area contributed by atoms with Gasteiger partial charge < -0.3 is 15.0 Å². The van der Waals surface area contributed by atoms with Crippen LogP contribution in [0.5, 0.6) is 5.75 Å². The molecule has 0 bridgehead atoms. The average Bonchev–Trinajstić information content (AvgIpc) is 3.01. The first-order chi connectivity index (χ1) is 20.7. The van der Waals surface area contributed by atoms with Gasteiger partial charge in [-0.15, -0.1) is 0 Å². The van der Waals surface area contributed by atoms with Gasteiger partial charge in [0.1, 0.15) is 11.8 Å². The summed E-state index contributed by atoms with van der Waals surface area (Å²) < 4.78 is 32.1. The van der Waals surface area contributed by atoms with E-state index in [1.54, 1.807) is 79.9 Å². The minimum absolute atomic E-state index is 0.0104. The fraction of sp³-hybridized carbons (Fsp3) is 0.212. The molecule has 0 aromatic heterocycles. The van der Waals surface area contributed by atoms with Gasteiger partial charge in [-0.1, -0.05) is 103 Å². The summed E-state index contributed by atoms with van der Waals surface area (Å²) in [4.78, 5) is 29.5. The lowest BCUT2D eigenvalue weighted by Crippen LogP contribution is -2.47. The lowest BCUT2D eigenvalue weighted by Gasteiger charge is -2.33. The number of methoxy groups -OCH3 is 1. The number of carbonyl (C=O) groups excluding carboxylic acids is 2. The van der Waals surface area contributed by atoms with Crippen molar-refractivity contribution in [2.24, 2.45) is 0 Å². The molecule has 1 atom stereocenters. The molecule has 0 aliphatic heterocycles. The van der Waals surface area contributed by atoms with Crippen LogP contribution < -0.4 is 10.1 Å². The molecule has 4 rings (SSSR count). The first-order valence-electron chi connectivity index (χ1n) is 13.6. The monoisotopic (exact) mass is 619 g/mol. The van der Waals surface area contributed by atoms with Gasteiger partial charge in [-0.3, -0.25) is 9.59 Å². The summed E-state index contributed by atoms with van der Waals surface area (Å²) in [6, 6.07) is 31.3. The minimum Gasteiger partial charge on any atom is -0.497 e. The van der Waals surface area contributed by atoms with Gasteiger partial charge in [0.25, 0.3) is 0 Å². The number of benzene rings is 4. The van der Waals surface area contributed by atoms with Crippen LogP contribution in [-0.2, 0) is 39.2 Å². The highest BCUT2D eigenvalue weighted by molar-refractivity contribution is 7.88. The third-order valence-electron chi connectivity index (χ3n) is 6.90. The quantitative estimate of drug-likeness (QED) is 0.222. The summed E-state index contributed by atoms with van der Waals surface area (Å²) in [6.45, 7) is -0.248. The largest absolute Gasteiger partial charge is 0.497 e. The van der Waals surface area contributed by atoms with Gasteiger partial charge in [0.2, 0.25) is 21.8 Å². The molecule has 0 aliphatic rings. The summed E-state index contributed by atoms with van der Waals surface area (Å²) in [5.41, 5.74) is 2.78. The smallest absolute Gasteiger partial charge is 0.247 e. The van der Waals surface area contributed by atoms with E-state index < -0.39 is 34.4 Å². The number of carbonyl (C=O) groups is 2. The normalized spacial score (nSPS) is 12.0. The van der Waals surface area contributed by atoms with Crippen molar-refractivity contribution in [1.29, 1.82) is 0 Å². The van der Waals surface area contributed by atoms with E-state index in [0.29, 0.717) is 16.3 Å². The zero-order valence-corrected chi connectivity index (χ0v) is 25.6. The Labute approximate surface area is 257 Å². The second-order valence-corrected chi connectivity index (χ2v) is 12.4. The molecule has 0 spiro atoms. The van der Waals surface area contributed by atoms with Gasteiger partial charge in [-0.05, 0) is 40.5 Å². The van der Waals surface area contributed by atoms with E-state index in [0.717, 1.165) is 27.3 Å². The summed E-state index contributed by atoms with van der Waals surface area (Å²) in [7, 11) is -2.22. The molecule has 1 N–H and O–H groups in total. The molecular formula is C33H34ClN3O5S. The Balaban J connectivity index is 1.71. The zero-order valence-electron chi connectivity index (χ0n) is 24.0. The van der Waals surface area contributed by atoms with Gasteiger partial charge in [0.15, 0.2) is 0 Å². The Hall–Kier alpha value is -4.18. The summed E-state index contributed by atoms with van der Waals surface area (Å²) >= 11 is 6.33. The highest BCUT2D eigenvalue weighted by Gasteiger charge is 2.33. The maximum absolute atomic E-state index is 14.2. The van der Waals surface area contributed by atoms with Crippen molar-refractivity contribution < 1.29 is 22.7 Å². The van der Waals surface area contributed by atoms with E-state index in [4.69, 9.17) is 16.3 Å². The third kappa shape index (κ3) is 8.90. The Morgan fingerprint density at radius 2 is 1.40 bits per heavy atom. The van der Waals surface area contributed by atoms with Crippen LogP contribution in [0.25, 0.3) is 0 Å². The van der Waals surface area contributed by atoms with Crippen molar-refractivity contribution in [2.45, 2.75) is 25.7 Å². The Kier molecular flexibility index (Phi) is 10.9. The van der Waals surface area contributed by atoms with E-state index in [-0.39, 0.29) is 19.6 Å². The second kappa shape index (κ2) is 14.8. The molecule has 4 aromatic rings. The molecule has 0 radical (unpaired) electrons. The highest BCUT2D eigenvalue weighted by atomic mass is 35.5. The molecule has 0 fully saturated rings. The van der Waals surface area contributed by atoms with Crippen LogP contribution in [0.4, 0.5) is 0 Å². The van der Waals surface area contributed by atoms with E-state index in [9.17, 15) is 18.0 Å². The number of hydrogen-bond acceptors (Lipinski definition) is 5. The van der Waals surface area contributed by atoms with E-state index in [1.807, 2.05) is 36.4 Å². The zero-order chi connectivity index (χ0) is 30.8. The predicted octanol–water partition coefficient (Wildman–Crippen LogP) is 5.20. The lowest BCUT2D eigenvalue weighted by atomic mass is 10.0. The standard InChI is InChI=1S/C33H34ClN3O5S/c1-42-29-19-17-26(18-20-29)23-37(31(38)24-36(43(2,40)41)22-25-11-5-3-6-12-25)32(27-13-7-4-8-14-27)33(39)35-21-28-15-9-10-16-30(28)34/h3-20,32H,21-24H2,1-2H3,(H,35,39)/t32-/m1/s1. The fourth-order valence-electron chi connectivity index (χ4n) is 4.60. The van der Waals surface area contributed by atoms with Crippen molar-refractivity contribution in [3.05, 3.63) is 136 Å². The maximum atomic E-state index is 14.2. The molecule has 224 valence electrons. The summed E-state index contributed by atoms with van der Waals surface area (Å²) in [6.07, 6.45) is 1.07. The van der Waals surface area contributed by atoms with Crippen LogP contribution in [-0.4, -0.2) is 49.3 Å². The Morgan fingerprint density at radius 3 is 2.00 bits per heavy atom. The topological polar surface area (TPSA) is 96.0 Å². The molecule has 0 heterocycles. The van der Waals surface area contributed by atoms with Gasteiger partial charge in [-0.25, -0.2) is 8.42 Å². The van der Waals surface area contributed by atoms with Gasteiger partial charge >= 0.3 is 0 Å². The summed E-state index contributed by atoms with van der Waals surface area (Å²) in [5, 5.41) is 3.44. The molecule has 8 nitrogen and oxygen atoms in total. The molecule has 4 aromatic carbocycles. The Morgan fingerprint density at radius 1 is 0.814 bits per heavy atom. The molecule has 0 aliphatic carbocycles. The van der Waals surface area contributed by atoms with E-state index in [1.165, 1.54) is 4.90 Å². The van der Waals surface area contributed by atoms with Crippen LogP contribution in [0.1, 0.15) is 28.3 Å². The number of ether oxygens (including phenoxy) is 1. The molecule has 0 saturated heterocycles. The van der Waals surface area contributed by atoms with Gasteiger partial charge in [-0.2, -0.15) is 4.31 Å². The minimum atomic E-state index is -3.78. The average molecular weight is 620 g/mol. The molecule has 0 unspecified atom stereocenters. The van der Waals surface area contributed by atoms with Gasteiger partial charge in [0.05, 0.1) is 19.9 Å². The molecule has 43 heavy (non-hydrogen) atoms. The van der Waals surface area contributed by atoms with E-state index in [2.05, 4.69) is 5.32 Å². The third-order valence-corrected chi connectivity index (χ3v) is 8.47. The van der Waals surface area contributed by atoms with Crippen molar-refractivity contribution in [3.63, 3.8) is 0 Å². The summed E-state index contributed by atoms with van der Waals surface area (Å²) in [5.74, 6) is -0.314. The van der Waals surface area contributed by atoms with Gasteiger partial charge in [0, 0.05) is 24.7 Å². The lowest BCUT2D eigenvalue weighted by molar-refractivity contribution is -0.141. The fourth-order valence-corrected chi connectivity index (χ4v) is 5.53. The van der Waals surface area contributed by atoms with Crippen LogP contribution in [0.3, 0.4) is 0 Å². The van der Waals surface area contributed by atoms with Crippen LogP contribution in [0, 0.1) is 0 Å². The van der Waals surface area contributed by atoms with Crippen molar-refractivity contribution in [1.82, 2.24) is 14.5 Å². The first kappa shape index (κ1) is 31.7. The molecule has 10 heteroatoms.